The molecule has 0 saturated carbocycles. The molecule has 1 amide bonds. The van der Waals surface area contributed by atoms with E-state index in [-0.39, 0.29) is 11.7 Å². The van der Waals surface area contributed by atoms with E-state index in [0.717, 1.165) is 15.6 Å². The van der Waals surface area contributed by atoms with E-state index in [2.05, 4.69) is 20.5 Å². The van der Waals surface area contributed by atoms with Gasteiger partial charge in [-0.3, -0.25) is 4.79 Å². The Labute approximate surface area is 151 Å². The number of halogens is 1. The molecule has 1 N–H and O–H groups in total. The molecule has 0 atom stereocenters. The molecular weight excluding hydrogens is 368 g/mol. The fourth-order valence-electron chi connectivity index (χ4n) is 1.97. The largest absolute Gasteiger partial charge is 0.410 e. The number of amides is 1. The molecule has 0 bridgehead atoms. The first-order chi connectivity index (χ1) is 11.5. The Morgan fingerprint density at radius 2 is 2.12 bits per heavy atom. The lowest BCUT2D eigenvalue weighted by molar-refractivity contribution is -0.113. The highest BCUT2D eigenvalue weighted by Gasteiger charge is 2.16. The molecule has 0 aliphatic carbocycles. The summed E-state index contributed by atoms with van der Waals surface area (Å²) in [5, 5.41) is 12.5. The van der Waals surface area contributed by atoms with Crippen molar-refractivity contribution in [3.8, 4) is 10.8 Å². The van der Waals surface area contributed by atoms with Crippen LogP contribution in [0.2, 0.25) is 5.02 Å². The predicted octanol–water partition coefficient (Wildman–Crippen LogP) is 4.19. The van der Waals surface area contributed by atoms with Crippen molar-refractivity contribution >= 4 is 46.3 Å². The Morgan fingerprint density at radius 1 is 1.33 bits per heavy atom. The van der Waals surface area contributed by atoms with Crippen molar-refractivity contribution in [2.45, 2.75) is 19.1 Å². The summed E-state index contributed by atoms with van der Waals surface area (Å²) in [4.78, 5) is 17.2. The van der Waals surface area contributed by atoms with Crippen molar-refractivity contribution in [3.05, 3.63) is 40.0 Å². The van der Waals surface area contributed by atoms with E-state index in [0.29, 0.717) is 21.8 Å². The average Bonchev–Trinajstić information content (AvgIpc) is 3.13. The van der Waals surface area contributed by atoms with Crippen molar-refractivity contribution in [3.63, 3.8) is 0 Å². The minimum atomic E-state index is -0.197. The molecule has 0 saturated heterocycles. The van der Waals surface area contributed by atoms with Crippen molar-refractivity contribution in [2.75, 3.05) is 11.1 Å². The number of hydrogen-bond donors (Lipinski definition) is 1. The minimum absolute atomic E-state index is 0.146. The molecule has 3 aromatic rings. The number of carbonyl (C=O) groups is 1. The highest BCUT2D eigenvalue weighted by Crippen LogP contribution is 2.30. The van der Waals surface area contributed by atoms with Gasteiger partial charge in [-0.15, -0.1) is 21.5 Å². The van der Waals surface area contributed by atoms with E-state index in [1.54, 1.807) is 24.3 Å². The van der Waals surface area contributed by atoms with Crippen LogP contribution in [0.4, 0.5) is 5.69 Å². The highest BCUT2D eigenvalue weighted by molar-refractivity contribution is 7.99. The molecule has 3 rings (SSSR count). The number of hydrogen-bond acceptors (Lipinski definition) is 7. The molecule has 0 aliphatic rings. The number of nitrogens with zero attached hydrogens (tertiary/aromatic N) is 3. The second kappa shape index (κ2) is 7.33. The number of aromatic nitrogens is 3. The maximum absolute atomic E-state index is 12.0. The first kappa shape index (κ1) is 16.9. The van der Waals surface area contributed by atoms with Crippen LogP contribution in [0.15, 0.2) is 33.9 Å². The summed E-state index contributed by atoms with van der Waals surface area (Å²) >= 11 is 8.67. The lowest BCUT2D eigenvalue weighted by Crippen LogP contribution is -2.14. The summed E-state index contributed by atoms with van der Waals surface area (Å²) in [5.41, 5.74) is 1.43. The van der Waals surface area contributed by atoms with Crippen LogP contribution < -0.4 is 5.32 Å². The molecular formula is C15H13ClN4O2S2. The zero-order chi connectivity index (χ0) is 17.1. The molecule has 1 aromatic carbocycles. The molecule has 2 heterocycles. The van der Waals surface area contributed by atoms with Gasteiger partial charge in [0.1, 0.15) is 4.88 Å². The molecule has 2 aromatic heterocycles. The number of aryl methyl sites for hydroxylation is 2. The van der Waals surface area contributed by atoms with Gasteiger partial charge in [0.15, 0.2) is 0 Å². The van der Waals surface area contributed by atoms with Gasteiger partial charge in [0.2, 0.25) is 5.91 Å². The smallest absolute Gasteiger partial charge is 0.277 e. The van der Waals surface area contributed by atoms with Gasteiger partial charge in [-0.05, 0) is 26.0 Å². The van der Waals surface area contributed by atoms with Crippen LogP contribution >= 0.6 is 34.7 Å². The Balaban J connectivity index is 1.60. The molecule has 124 valence electrons. The summed E-state index contributed by atoms with van der Waals surface area (Å²) in [6.45, 7) is 3.82. The van der Waals surface area contributed by atoms with E-state index in [4.69, 9.17) is 16.0 Å². The first-order valence-electron chi connectivity index (χ1n) is 6.98. The van der Waals surface area contributed by atoms with Gasteiger partial charge in [0.05, 0.1) is 27.2 Å². The van der Waals surface area contributed by atoms with Gasteiger partial charge in [0, 0.05) is 0 Å². The molecule has 0 aliphatic heterocycles. The maximum Gasteiger partial charge on any atom is 0.277 e. The Kier molecular flexibility index (Phi) is 5.17. The Hall–Kier alpha value is -1.90. The van der Waals surface area contributed by atoms with E-state index in [1.807, 2.05) is 13.8 Å². The third-order valence-electron chi connectivity index (χ3n) is 2.98. The van der Waals surface area contributed by atoms with E-state index < -0.39 is 0 Å². The predicted molar refractivity (Wildman–Crippen MR) is 95.7 cm³/mol. The van der Waals surface area contributed by atoms with Crippen molar-refractivity contribution in [1.29, 1.82) is 0 Å². The van der Waals surface area contributed by atoms with Crippen LogP contribution in [-0.2, 0) is 4.79 Å². The normalized spacial score (nSPS) is 10.8. The number of thioether (sulfide) groups is 1. The van der Waals surface area contributed by atoms with Crippen LogP contribution in [0.25, 0.3) is 10.8 Å². The van der Waals surface area contributed by atoms with Crippen molar-refractivity contribution < 1.29 is 9.21 Å². The van der Waals surface area contributed by atoms with Gasteiger partial charge in [-0.1, -0.05) is 35.5 Å². The summed E-state index contributed by atoms with van der Waals surface area (Å²) in [6.07, 6.45) is 0. The molecule has 0 spiro atoms. The SMILES string of the molecule is Cc1nc(C)c(-c2nnc(SCC(=O)Nc3ccccc3Cl)o2)s1. The van der Waals surface area contributed by atoms with Crippen LogP contribution in [0.3, 0.4) is 0 Å². The standard InChI is InChI=1S/C15H13ClN4O2S2/c1-8-13(24-9(2)17-8)14-19-20-15(22-14)23-7-12(21)18-11-6-4-3-5-10(11)16/h3-6H,7H2,1-2H3,(H,18,21). The van der Waals surface area contributed by atoms with E-state index in [9.17, 15) is 4.79 Å². The summed E-state index contributed by atoms with van der Waals surface area (Å²) in [6, 6.07) is 7.06. The van der Waals surface area contributed by atoms with Crippen LogP contribution in [0.1, 0.15) is 10.7 Å². The first-order valence-corrected chi connectivity index (χ1v) is 9.16. The van der Waals surface area contributed by atoms with Crippen LogP contribution in [0.5, 0.6) is 0 Å². The average molecular weight is 381 g/mol. The van der Waals surface area contributed by atoms with Crippen LogP contribution in [0, 0.1) is 13.8 Å². The molecule has 0 radical (unpaired) electrons. The fourth-order valence-corrected chi connectivity index (χ4v) is 3.55. The molecule has 9 heteroatoms. The zero-order valence-corrected chi connectivity index (χ0v) is 15.3. The summed E-state index contributed by atoms with van der Waals surface area (Å²) in [7, 11) is 0. The Morgan fingerprint density at radius 3 is 2.83 bits per heavy atom. The van der Waals surface area contributed by atoms with Gasteiger partial charge in [-0.25, -0.2) is 4.98 Å². The lowest BCUT2D eigenvalue weighted by Gasteiger charge is -2.05. The summed E-state index contributed by atoms with van der Waals surface area (Å²) in [5.74, 6) is 0.373. The Bertz CT molecular complexity index is 878. The molecule has 6 nitrogen and oxygen atoms in total. The number of rotatable bonds is 5. The van der Waals surface area contributed by atoms with Gasteiger partial charge < -0.3 is 9.73 Å². The number of nitrogens with one attached hydrogen (secondary N) is 1. The topological polar surface area (TPSA) is 80.9 Å². The number of para-hydroxylation sites is 1. The third-order valence-corrected chi connectivity index (χ3v) is 5.19. The molecule has 0 fully saturated rings. The number of anilines is 1. The number of thiazole rings is 1. The van der Waals surface area contributed by atoms with E-state index >= 15 is 0 Å². The van der Waals surface area contributed by atoms with E-state index in [1.165, 1.54) is 23.1 Å². The number of carbonyl (C=O) groups excluding carboxylic acids is 1. The maximum atomic E-state index is 12.0. The van der Waals surface area contributed by atoms with Gasteiger partial charge in [0.25, 0.3) is 11.1 Å². The quantitative estimate of drug-likeness (QED) is 0.668. The van der Waals surface area contributed by atoms with Crippen molar-refractivity contribution in [1.82, 2.24) is 15.2 Å². The monoisotopic (exact) mass is 380 g/mol. The zero-order valence-electron chi connectivity index (χ0n) is 12.9. The van der Waals surface area contributed by atoms with Crippen LogP contribution in [-0.4, -0.2) is 26.8 Å². The van der Waals surface area contributed by atoms with Gasteiger partial charge in [-0.2, -0.15) is 0 Å². The molecule has 24 heavy (non-hydrogen) atoms. The lowest BCUT2D eigenvalue weighted by atomic mass is 10.3. The van der Waals surface area contributed by atoms with Crippen molar-refractivity contribution in [2.24, 2.45) is 0 Å². The van der Waals surface area contributed by atoms with Gasteiger partial charge >= 0.3 is 0 Å². The second-order valence-electron chi connectivity index (χ2n) is 4.84. The third kappa shape index (κ3) is 3.95. The summed E-state index contributed by atoms with van der Waals surface area (Å²) < 4.78 is 5.59. The fraction of sp³-hybridized carbons (Fsp3) is 0.200. The highest BCUT2D eigenvalue weighted by atomic mass is 35.5. The second-order valence-corrected chi connectivity index (χ2v) is 7.37. The minimum Gasteiger partial charge on any atom is -0.410 e. The number of benzene rings is 1. The molecule has 0 unspecified atom stereocenters.